The lowest BCUT2D eigenvalue weighted by Gasteiger charge is -2.15. The molecule has 2 rings (SSSR count). The quantitative estimate of drug-likeness (QED) is 0.790. The highest BCUT2D eigenvalue weighted by atomic mass is 16.5. The molecule has 0 aliphatic carbocycles. The monoisotopic (exact) mass is 341 g/mol. The molecule has 0 unspecified atom stereocenters. The predicted octanol–water partition coefficient (Wildman–Crippen LogP) is 3.96. The van der Waals surface area contributed by atoms with E-state index in [4.69, 9.17) is 9.47 Å². The van der Waals surface area contributed by atoms with Gasteiger partial charge in [-0.2, -0.15) is 0 Å². The number of benzene rings is 2. The van der Waals surface area contributed by atoms with Gasteiger partial charge in [-0.3, -0.25) is 4.79 Å². The molecule has 0 fully saturated rings. The Morgan fingerprint density at radius 3 is 2.40 bits per heavy atom. The second-order valence-corrected chi connectivity index (χ2v) is 6.51. The van der Waals surface area contributed by atoms with Gasteiger partial charge < -0.3 is 14.8 Å². The molecule has 0 spiro atoms. The maximum Gasteiger partial charge on any atom is 0.258 e. The number of ether oxygens (including phenoxy) is 2. The minimum atomic E-state index is -0.128. The highest BCUT2D eigenvalue weighted by Gasteiger charge is 2.10. The summed E-state index contributed by atoms with van der Waals surface area (Å²) in [5.41, 5.74) is 4.40. The average molecular weight is 341 g/mol. The number of amides is 1. The van der Waals surface area contributed by atoms with Gasteiger partial charge in [-0.1, -0.05) is 50.2 Å². The largest absolute Gasteiger partial charge is 0.483 e. The molecule has 2 aromatic carbocycles. The smallest absolute Gasteiger partial charge is 0.258 e. The van der Waals surface area contributed by atoms with Gasteiger partial charge in [0.25, 0.3) is 5.91 Å². The van der Waals surface area contributed by atoms with Crippen LogP contribution >= 0.6 is 0 Å². The van der Waals surface area contributed by atoms with Crippen LogP contribution in [-0.4, -0.2) is 19.6 Å². The molecular weight excluding hydrogens is 314 g/mol. The zero-order valence-corrected chi connectivity index (χ0v) is 15.5. The first-order chi connectivity index (χ1) is 12.0. The fraction of sp³-hybridized carbons (Fsp3) is 0.381. The first kappa shape index (κ1) is 19.0. The molecular formula is C21H27NO3. The predicted molar refractivity (Wildman–Crippen MR) is 99.8 cm³/mol. The number of rotatable bonds is 8. The van der Waals surface area contributed by atoms with Crippen molar-refractivity contribution in [2.75, 3.05) is 13.7 Å². The van der Waals surface area contributed by atoms with E-state index in [2.05, 4.69) is 31.3 Å². The molecule has 0 atom stereocenters. The standard InChI is InChI=1S/C21H27NO3/c1-15(2)19-10-5-16(3)11-20(19)25-14-21(23)22-12-17-6-8-18(9-7-17)13-24-4/h5-11,15H,12-14H2,1-4H3,(H,22,23). The maximum absolute atomic E-state index is 12.1. The van der Waals surface area contributed by atoms with Gasteiger partial charge in [-0.25, -0.2) is 0 Å². The van der Waals surface area contributed by atoms with Crippen molar-refractivity contribution in [3.8, 4) is 5.75 Å². The number of aryl methyl sites for hydroxylation is 1. The van der Waals surface area contributed by atoms with Gasteiger partial charge in [-0.05, 0) is 41.2 Å². The number of hydrogen-bond donors (Lipinski definition) is 1. The van der Waals surface area contributed by atoms with E-state index in [-0.39, 0.29) is 12.5 Å². The molecule has 0 heterocycles. The highest BCUT2D eigenvalue weighted by Crippen LogP contribution is 2.27. The summed E-state index contributed by atoms with van der Waals surface area (Å²) in [5.74, 6) is 1.01. The highest BCUT2D eigenvalue weighted by molar-refractivity contribution is 5.77. The van der Waals surface area contributed by atoms with Crippen molar-refractivity contribution in [1.82, 2.24) is 5.32 Å². The van der Waals surface area contributed by atoms with Crippen LogP contribution in [0.4, 0.5) is 0 Å². The minimum absolute atomic E-state index is 0.0188. The Labute approximate surface area is 150 Å². The summed E-state index contributed by atoms with van der Waals surface area (Å²) in [6, 6.07) is 14.1. The molecule has 1 amide bonds. The third-order valence-electron chi connectivity index (χ3n) is 3.97. The third-order valence-corrected chi connectivity index (χ3v) is 3.97. The number of nitrogens with one attached hydrogen (secondary N) is 1. The van der Waals surface area contributed by atoms with E-state index in [0.717, 1.165) is 28.0 Å². The Hall–Kier alpha value is -2.33. The van der Waals surface area contributed by atoms with Crippen molar-refractivity contribution >= 4 is 5.91 Å². The second kappa shape index (κ2) is 9.23. The van der Waals surface area contributed by atoms with Gasteiger partial charge >= 0.3 is 0 Å². The van der Waals surface area contributed by atoms with Crippen LogP contribution in [-0.2, 0) is 22.7 Å². The average Bonchev–Trinajstić information content (AvgIpc) is 2.59. The fourth-order valence-corrected chi connectivity index (χ4v) is 2.56. The van der Waals surface area contributed by atoms with Crippen molar-refractivity contribution in [2.24, 2.45) is 0 Å². The van der Waals surface area contributed by atoms with Crippen molar-refractivity contribution in [2.45, 2.75) is 39.8 Å². The van der Waals surface area contributed by atoms with Crippen LogP contribution in [0, 0.1) is 6.92 Å². The molecule has 2 aromatic rings. The van der Waals surface area contributed by atoms with Gasteiger partial charge in [-0.15, -0.1) is 0 Å². The molecule has 0 saturated heterocycles. The first-order valence-electron chi connectivity index (χ1n) is 8.56. The van der Waals surface area contributed by atoms with Crippen molar-refractivity contribution in [3.05, 3.63) is 64.7 Å². The Morgan fingerprint density at radius 1 is 1.08 bits per heavy atom. The van der Waals surface area contributed by atoms with E-state index in [1.807, 2.05) is 37.3 Å². The van der Waals surface area contributed by atoms with Crippen LogP contribution in [0.1, 0.15) is 42.0 Å². The normalized spacial score (nSPS) is 10.8. The molecule has 0 bridgehead atoms. The van der Waals surface area contributed by atoms with Gasteiger partial charge in [0.1, 0.15) is 5.75 Å². The number of hydrogen-bond acceptors (Lipinski definition) is 3. The summed E-state index contributed by atoms with van der Waals surface area (Å²) >= 11 is 0. The number of carbonyl (C=O) groups excluding carboxylic acids is 1. The molecule has 25 heavy (non-hydrogen) atoms. The van der Waals surface area contributed by atoms with Crippen LogP contribution in [0.5, 0.6) is 5.75 Å². The lowest BCUT2D eigenvalue weighted by molar-refractivity contribution is -0.123. The molecule has 0 aromatic heterocycles. The third kappa shape index (κ3) is 5.91. The van der Waals surface area contributed by atoms with E-state index in [0.29, 0.717) is 19.1 Å². The van der Waals surface area contributed by atoms with E-state index >= 15 is 0 Å². The van der Waals surface area contributed by atoms with E-state index in [9.17, 15) is 4.79 Å². The first-order valence-corrected chi connectivity index (χ1v) is 8.56. The lowest BCUT2D eigenvalue weighted by atomic mass is 10.0. The van der Waals surface area contributed by atoms with Crippen LogP contribution in [0.15, 0.2) is 42.5 Å². The van der Waals surface area contributed by atoms with E-state index < -0.39 is 0 Å². The Bertz CT molecular complexity index is 693. The molecule has 0 aliphatic rings. The van der Waals surface area contributed by atoms with Crippen LogP contribution in [0.3, 0.4) is 0 Å². The van der Waals surface area contributed by atoms with Crippen molar-refractivity contribution in [1.29, 1.82) is 0 Å². The maximum atomic E-state index is 12.1. The van der Waals surface area contributed by atoms with Crippen LogP contribution < -0.4 is 10.1 Å². The zero-order chi connectivity index (χ0) is 18.2. The fourth-order valence-electron chi connectivity index (χ4n) is 2.56. The van der Waals surface area contributed by atoms with E-state index in [1.54, 1.807) is 7.11 Å². The summed E-state index contributed by atoms with van der Waals surface area (Å²) in [4.78, 5) is 12.1. The van der Waals surface area contributed by atoms with Crippen molar-refractivity contribution < 1.29 is 14.3 Å². The molecule has 0 aliphatic heterocycles. The lowest BCUT2D eigenvalue weighted by Crippen LogP contribution is -2.28. The minimum Gasteiger partial charge on any atom is -0.483 e. The van der Waals surface area contributed by atoms with Gasteiger partial charge in [0, 0.05) is 13.7 Å². The Morgan fingerprint density at radius 2 is 1.76 bits per heavy atom. The van der Waals surface area contributed by atoms with Gasteiger partial charge in [0.15, 0.2) is 6.61 Å². The summed E-state index contributed by atoms with van der Waals surface area (Å²) in [6.07, 6.45) is 0. The molecule has 4 nitrogen and oxygen atoms in total. The summed E-state index contributed by atoms with van der Waals surface area (Å²) < 4.78 is 10.8. The Kier molecular flexibility index (Phi) is 7.02. The summed E-state index contributed by atoms with van der Waals surface area (Å²) in [6.45, 7) is 7.35. The molecule has 4 heteroatoms. The van der Waals surface area contributed by atoms with Gasteiger partial charge in [0.2, 0.25) is 0 Å². The topological polar surface area (TPSA) is 47.6 Å². The second-order valence-electron chi connectivity index (χ2n) is 6.51. The molecule has 1 N–H and O–H groups in total. The number of carbonyl (C=O) groups is 1. The van der Waals surface area contributed by atoms with Crippen molar-refractivity contribution in [3.63, 3.8) is 0 Å². The Balaban J connectivity index is 1.86. The van der Waals surface area contributed by atoms with Crippen LogP contribution in [0.25, 0.3) is 0 Å². The summed E-state index contributed by atoms with van der Waals surface area (Å²) in [7, 11) is 1.67. The summed E-state index contributed by atoms with van der Waals surface area (Å²) in [5, 5.41) is 2.89. The molecule has 0 saturated carbocycles. The molecule has 0 radical (unpaired) electrons. The SMILES string of the molecule is COCc1ccc(CNC(=O)COc2cc(C)ccc2C(C)C)cc1. The zero-order valence-electron chi connectivity index (χ0n) is 15.5. The molecule has 134 valence electrons. The van der Waals surface area contributed by atoms with E-state index in [1.165, 1.54) is 0 Å². The number of methoxy groups -OCH3 is 1. The van der Waals surface area contributed by atoms with Gasteiger partial charge in [0.05, 0.1) is 6.61 Å². The van der Waals surface area contributed by atoms with Crippen LogP contribution in [0.2, 0.25) is 0 Å².